The zero-order chi connectivity index (χ0) is 16.0. The molecule has 0 saturated carbocycles. The Kier molecular flexibility index (Phi) is 7.01. The summed E-state index contributed by atoms with van der Waals surface area (Å²) in [5, 5.41) is 0. The first kappa shape index (κ1) is 17.8. The average molecular weight is 357 g/mol. The number of benzene rings is 1. The molecule has 0 spiro atoms. The third-order valence-corrected chi connectivity index (χ3v) is 3.37. The van der Waals surface area contributed by atoms with Gasteiger partial charge in [-0.05, 0) is 36.5 Å². The Morgan fingerprint density at radius 1 is 1.19 bits per heavy atom. The predicted octanol–water partition coefficient (Wildman–Crippen LogP) is 1.76. The second-order valence-electron chi connectivity index (χ2n) is 5.42. The van der Waals surface area contributed by atoms with Gasteiger partial charge in [-0.15, -0.1) is 0 Å². The fourth-order valence-electron chi connectivity index (χ4n) is 1.86. The summed E-state index contributed by atoms with van der Waals surface area (Å²) in [7, 11) is 0. The SMILES string of the molecule is CC(C)C[C@H](N)C(=O)OC(=O)[C@@H](N)Cc1cccc(Br)c1. The van der Waals surface area contributed by atoms with Gasteiger partial charge in [-0.2, -0.15) is 0 Å². The molecule has 0 fully saturated rings. The Morgan fingerprint density at radius 2 is 1.81 bits per heavy atom. The van der Waals surface area contributed by atoms with Crippen molar-refractivity contribution in [1.29, 1.82) is 0 Å². The van der Waals surface area contributed by atoms with Crippen LogP contribution in [0, 0.1) is 5.92 Å². The molecule has 0 bridgehead atoms. The predicted molar refractivity (Wildman–Crippen MR) is 84.4 cm³/mol. The van der Waals surface area contributed by atoms with Gasteiger partial charge >= 0.3 is 11.9 Å². The summed E-state index contributed by atoms with van der Waals surface area (Å²) in [5.41, 5.74) is 12.3. The van der Waals surface area contributed by atoms with Gasteiger partial charge in [0, 0.05) is 4.47 Å². The maximum absolute atomic E-state index is 11.8. The van der Waals surface area contributed by atoms with Gasteiger partial charge in [-0.1, -0.05) is 41.9 Å². The van der Waals surface area contributed by atoms with Crippen LogP contribution in [-0.4, -0.2) is 24.0 Å². The first-order valence-electron chi connectivity index (χ1n) is 6.80. The molecule has 2 atom stereocenters. The molecule has 0 amide bonds. The minimum absolute atomic E-state index is 0.248. The third kappa shape index (κ3) is 6.37. The van der Waals surface area contributed by atoms with E-state index in [4.69, 9.17) is 16.2 Å². The first-order valence-corrected chi connectivity index (χ1v) is 7.60. The Hall–Kier alpha value is -1.24. The number of nitrogens with two attached hydrogens (primary N) is 2. The van der Waals surface area contributed by atoms with E-state index in [1.807, 2.05) is 38.1 Å². The largest absolute Gasteiger partial charge is 0.391 e. The van der Waals surface area contributed by atoms with Crippen molar-refractivity contribution in [2.45, 2.75) is 38.8 Å². The fraction of sp³-hybridized carbons (Fsp3) is 0.467. The zero-order valence-electron chi connectivity index (χ0n) is 12.2. The van der Waals surface area contributed by atoms with Gasteiger partial charge in [0.2, 0.25) is 0 Å². The van der Waals surface area contributed by atoms with Crippen molar-refractivity contribution < 1.29 is 14.3 Å². The summed E-state index contributed by atoms with van der Waals surface area (Å²) < 4.78 is 5.64. The topological polar surface area (TPSA) is 95.4 Å². The molecule has 0 aliphatic heterocycles. The molecule has 1 rings (SSSR count). The van der Waals surface area contributed by atoms with Crippen LogP contribution < -0.4 is 11.5 Å². The van der Waals surface area contributed by atoms with Crippen molar-refractivity contribution in [3.63, 3.8) is 0 Å². The number of ether oxygens (including phenoxy) is 1. The molecule has 0 aliphatic rings. The highest BCUT2D eigenvalue weighted by atomic mass is 79.9. The summed E-state index contributed by atoms with van der Waals surface area (Å²) in [6.45, 7) is 3.88. The zero-order valence-corrected chi connectivity index (χ0v) is 13.8. The number of halogens is 1. The normalized spacial score (nSPS) is 13.8. The molecule has 6 heteroatoms. The van der Waals surface area contributed by atoms with E-state index in [0.29, 0.717) is 12.8 Å². The molecule has 0 heterocycles. The van der Waals surface area contributed by atoms with Gasteiger partial charge in [-0.25, -0.2) is 9.59 Å². The lowest BCUT2D eigenvalue weighted by molar-refractivity contribution is -0.161. The van der Waals surface area contributed by atoms with Crippen molar-refractivity contribution in [3.8, 4) is 0 Å². The number of carbonyl (C=O) groups is 2. The number of carbonyl (C=O) groups excluding carboxylic acids is 2. The van der Waals surface area contributed by atoms with Crippen molar-refractivity contribution in [3.05, 3.63) is 34.3 Å². The summed E-state index contributed by atoms with van der Waals surface area (Å²) in [5.74, 6) is -1.23. The van der Waals surface area contributed by atoms with Crippen LogP contribution in [0.1, 0.15) is 25.8 Å². The highest BCUT2D eigenvalue weighted by Crippen LogP contribution is 2.13. The van der Waals surface area contributed by atoms with Crippen LogP contribution in [0.4, 0.5) is 0 Å². The maximum atomic E-state index is 11.8. The van der Waals surface area contributed by atoms with Gasteiger partial charge in [0.25, 0.3) is 0 Å². The van der Waals surface area contributed by atoms with Crippen LogP contribution in [0.3, 0.4) is 0 Å². The average Bonchev–Trinajstić information content (AvgIpc) is 2.37. The van der Waals surface area contributed by atoms with Crippen molar-refractivity contribution in [2.75, 3.05) is 0 Å². The van der Waals surface area contributed by atoms with Gasteiger partial charge in [-0.3, -0.25) is 0 Å². The molecule has 4 N–H and O–H groups in total. The molecule has 0 aliphatic carbocycles. The van der Waals surface area contributed by atoms with Gasteiger partial charge in [0.05, 0.1) is 0 Å². The van der Waals surface area contributed by atoms with Crippen LogP contribution in [0.2, 0.25) is 0 Å². The first-order chi connectivity index (χ1) is 9.79. The molecule has 0 aromatic heterocycles. The van der Waals surface area contributed by atoms with Crippen molar-refractivity contribution in [1.82, 2.24) is 0 Å². The van der Waals surface area contributed by atoms with Crippen LogP contribution >= 0.6 is 15.9 Å². The molecule has 0 radical (unpaired) electrons. The highest BCUT2D eigenvalue weighted by molar-refractivity contribution is 9.10. The van der Waals surface area contributed by atoms with E-state index in [0.717, 1.165) is 10.0 Å². The number of rotatable bonds is 6. The summed E-state index contributed by atoms with van der Waals surface area (Å²) in [4.78, 5) is 23.5. The van der Waals surface area contributed by atoms with E-state index in [1.54, 1.807) is 0 Å². The highest BCUT2D eigenvalue weighted by Gasteiger charge is 2.23. The molecule has 21 heavy (non-hydrogen) atoms. The quantitative estimate of drug-likeness (QED) is 0.598. The van der Waals surface area contributed by atoms with Crippen LogP contribution in [0.15, 0.2) is 28.7 Å². The molecule has 5 nitrogen and oxygen atoms in total. The van der Waals surface area contributed by atoms with Gasteiger partial charge in [0.15, 0.2) is 0 Å². The molecule has 1 aromatic rings. The molecule has 116 valence electrons. The standard InChI is InChI=1S/C15H21BrN2O3/c1-9(2)6-12(17)14(19)21-15(20)13(18)8-10-4-3-5-11(16)7-10/h3-5,7,9,12-13H,6,8,17-18H2,1-2H3/t12-,13-/m0/s1. The summed E-state index contributed by atoms with van der Waals surface area (Å²) >= 11 is 3.34. The lowest BCUT2D eigenvalue weighted by Gasteiger charge is -2.15. The Morgan fingerprint density at radius 3 is 2.38 bits per heavy atom. The second-order valence-corrected chi connectivity index (χ2v) is 6.33. The maximum Gasteiger partial charge on any atom is 0.330 e. The number of esters is 2. The monoisotopic (exact) mass is 356 g/mol. The second kappa shape index (κ2) is 8.26. The fourth-order valence-corrected chi connectivity index (χ4v) is 2.30. The van der Waals surface area contributed by atoms with Crippen LogP contribution in [-0.2, 0) is 20.7 Å². The lowest BCUT2D eigenvalue weighted by atomic mass is 10.0. The third-order valence-electron chi connectivity index (χ3n) is 2.88. The number of hydrogen-bond donors (Lipinski definition) is 2. The molecular weight excluding hydrogens is 336 g/mol. The van der Waals surface area contributed by atoms with Crippen molar-refractivity contribution in [2.24, 2.45) is 17.4 Å². The van der Waals surface area contributed by atoms with E-state index in [1.165, 1.54) is 0 Å². The summed E-state index contributed by atoms with van der Waals surface area (Å²) in [6, 6.07) is 5.74. The van der Waals surface area contributed by atoms with Crippen molar-refractivity contribution >= 4 is 27.9 Å². The molecule has 0 saturated heterocycles. The minimum Gasteiger partial charge on any atom is -0.391 e. The Labute approximate surface area is 133 Å². The smallest absolute Gasteiger partial charge is 0.330 e. The van der Waals surface area contributed by atoms with Gasteiger partial charge in [0.1, 0.15) is 12.1 Å². The van der Waals surface area contributed by atoms with E-state index in [-0.39, 0.29) is 5.92 Å². The van der Waals surface area contributed by atoms with E-state index >= 15 is 0 Å². The summed E-state index contributed by atoms with van der Waals surface area (Å²) in [6.07, 6.45) is 0.762. The van der Waals surface area contributed by atoms with Gasteiger partial charge < -0.3 is 16.2 Å². The minimum atomic E-state index is -0.894. The van der Waals surface area contributed by atoms with E-state index < -0.39 is 24.0 Å². The van der Waals surface area contributed by atoms with E-state index in [2.05, 4.69) is 15.9 Å². The van der Waals surface area contributed by atoms with E-state index in [9.17, 15) is 9.59 Å². The molecular formula is C15H21BrN2O3. The number of hydrogen-bond acceptors (Lipinski definition) is 5. The van der Waals surface area contributed by atoms with Crippen LogP contribution in [0.25, 0.3) is 0 Å². The lowest BCUT2D eigenvalue weighted by Crippen LogP contribution is -2.41. The molecule has 0 unspecified atom stereocenters. The van der Waals surface area contributed by atoms with Crippen LogP contribution in [0.5, 0.6) is 0 Å². The molecule has 1 aromatic carbocycles. The Bertz CT molecular complexity index is 505. The Balaban J connectivity index is 2.53.